The number of likely N-dealkylation sites (tertiary alicyclic amines) is 1. The Hall–Kier alpha value is -0.0800. The fourth-order valence-corrected chi connectivity index (χ4v) is 3.27. The average molecular weight is 197 g/mol. The largest absolute Gasteiger partial charge is 0.375 e. The van der Waals surface area contributed by atoms with Gasteiger partial charge >= 0.3 is 0 Å². The summed E-state index contributed by atoms with van der Waals surface area (Å²) in [6.07, 6.45) is 8.48. The molecule has 2 unspecified atom stereocenters. The van der Waals surface area contributed by atoms with E-state index in [1.54, 1.807) is 0 Å². The maximum absolute atomic E-state index is 10.7. The van der Waals surface area contributed by atoms with Crippen molar-refractivity contribution < 1.29 is 5.11 Å². The van der Waals surface area contributed by atoms with Crippen molar-refractivity contribution in [1.82, 2.24) is 4.90 Å². The van der Waals surface area contributed by atoms with Gasteiger partial charge in [0.2, 0.25) is 0 Å². The number of aliphatic hydroxyl groups is 1. The molecule has 0 spiro atoms. The summed E-state index contributed by atoms with van der Waals surface area (Å²) < 4.78 is 0. The quantitative estimate of drug-likeness (QED) is 0.734. The first-order valence-corrected chi connectivity index (χ1v) is 6.25. The minimum atomic E-state index is -0.435. The molecule has 0 radical (unpaired) electrons. The Balaban J connectivity index is 2.04. The van der Waals surface area contributed by atoms with Crippen LogP contribution < -0.4 is 0 Å². The van der Waals surface area contributed by atoms with Crippen molar-refractivity contribution in [3.8, 4) is 0 Å². The molecule has 2 rings (SSSR count). The van der Waals surface area contributed by atoms with Gasteiger partial charge < -0.3 is 5.11 Å². The van der Waals surface area contributed by atoms with Crippen LogP contribution in [0.3, 0.4) is 0 Å². The second-order valence-electron chi connectivity index (χ2n) is 4.92. The fourth-order valence-electron chi connectivity index (χ4n) is 3.27. The van der Waals surface area contributed by atoms with E-state index in [-0.39, 0.29) is 0 Å². The molecule has 1 saturated heterocycles. The summed E-state index contributed by atoms with van der Waals surface area (Å²) in [4.78, 5) is 2.36. The second kappa shape index (κ2) is 4.19. The zero-order valence-corrected chi connectivity index (χ0v) is 9.34. The lowest BCUT2D eigenvalue weighted by atomic mass is 9.93. The van der Waals surface area contributed by atoms with E-state index in [9.17, 15) is 5.11 Å². The Labute approximate surface area is 87.3 Å². The average Bonchev–Trinajstić information content (AvgIpc) is 2.62. The normalized spacial score (nSPS) is 40.3. The number of piperidine rings is 1. The van der Waals surface area contributed by atoms with E-state index in [0.717, 1.165) is 25.9 Å². The van der Waals surface area contributed by atoms with E-state index < -0.39 is 5.72 Å². The van der Waals surface area contributed by atoms with Crippen LogP contribution in [0.5, 0.6) is 0 Å². The summed E-state index contributed by atoms with van der Waals surface area (Å²) in [5.74, 6) is 0.528. The molecule has 0 aromatic carbocycles. The Morgan fingerprint density at radius 2 is 1.93 bits per heavy atom. The maximum atomic E-state index is 10.7. The van der Waals surface area contributed by atoms with Gasteiger partial charge in [-0.2, -0.15) is 0 Å². The third kappa shape index (κ3) is 1.70. The zero-order chi connectivity index (χ0) is 10.0. The Kier molecular flexibility index (Phi) is 3.13. The molecule has 2 atom stereocenters. The monoisotopic (exact) mass is 197 g/mol. The lowest BCUT2D eigenvalue weighted by molar-refractivity contribution is -0.142. The first-order valence-electron chi connectivity index (χ1n) is 6.25. The molecule has 2 fully saturated rings. The van der Waals surface area contributed by atoms with E-state index in [1.165, 1.54) is 32.1 Å². The van der Waals surface area contributed by atoms with E-state index in [4.69, 9.17) is 0 Å². The third-order valence-electron chi connectivity index (χ3n) is 4.15. The van der Waals surface area contributed by atoms with Crippen LogP contribution in [-0.2, 0) is 0 Å². The van der Waals surface area contributed by atoms with Gasteiger partial charge in [-0.25, -0.2) is 0 Å². The molecule has 0 aromatic rings. The molecule has 1 heterocycles. The fraction of sp³-hybridized carbons (Fsp3) is 1.00. The standard InChI is InChI=1S/C12H23NO/c1-2-11-7-6-8-12(11,14)13-9-4-3-5-10-13/h11,14H,2-10H2,1H3. The minimum Gasteiger partial charge on any atom is -0.375 e. The van der Waals surface area contributed by atoms with E-state index >= 15 is 0 Å². The summed E-state index contributed by atoms with van der Waals surface area (Å²) in [6, 6.07) is 0. The van der Waals surface area contributed by atoms with Gasteiger partial charge in [-0.1, -0.05) is 13.3 Å². The minimum absolute atomic E-state index is 0.435. The summed E-state index contributed by atoms with van der Waals surface area (Å²) in [5.41, 5.74) is -0.435. The number of hydrogen-bond acceptors (Lipinski definition) is 2. The molecule has 2 aliphatic rings. The van der Waals surface area contributed by atoms with Gasteiger partial charge in [0, 0.05) is 19.0 Å². The van der Waals surface area contributed by atoms with Crippen molar-refractivity contribution in [2.45, 2.75) is 57.6 Å². The number of hydrogen-bond donors (Lipinski definition) is 1. The van der Waals surface area contributed by atoms with Gasteiger partial charge in [0.15, 0.2) is 0 Å². The Morgan fingerprint density at radius 1 is 1.21 bits per heavy atom. The lowest BCUT2D eigenvalue weighted by Crippen LogP contribution is -2.53. The summed E-state index contributed by atoms with van der Waals surface area (Å²) in [5, 5.41) is 10.7. The van der Waals surface area contributed by atoms with E-state index in [1.807, 2.05) is 0 Å². The first-order chi connectivity index (χ1) is 6.77. The lowest BCUT2D eigenvalue weighted by Gasteiger charge is -2.43. The predicted molar refractivity (Wildman–Crippen MR) is 58.0 cm³/mol. The molecular formula is C12H23NO. The molecule has 1 N–H and O–H groups in total. The van der Waals surface area contributed by atoms with Gasteiger partial charge in [-0.3, -0.25) is 4.90 Å². The van der Waals surface area contributed by atoms with Crippen LogP contribution in [0.2, 0.25) is 0 Å². The molecule has 2 nitrogen and oxygen atoms in total. The topological polar surface area (TPSA) is 23.5 Å². The second-order valence-corrected chi connectivity index (χ2v) is 4.92. The maximum Gasteiger partial charge on any atom is 0.121 e. The number of rotatable bonds is 2. The van der Waals surface area contributed by atoms with Crippen molar-refractivity contribution >= 4 is 0 Å². The summed E-state index contributed by atoms with van der Waals surface area (Å²) in [7, 11) is 0. The Morgan fingerprint density at radius 3 is 2.57 bits per heavy atom. The molecule has 1 aliphatic carbocycles. The van der Waals surface area contributed by atoms with Gasteiger partial charge in [0.25, 0.3) is 0 Å². The molecule has 0 aromatic heterocycles. The SMILES string of the molecule is CCC1CCCC1(O)N1CCCCC1. The van der Waals surface area contributed by atoms with Gasteiger partial charge in [0.1, 0.15) is 5.72 Å². The molecule has 2 heteroatoms. The highest BCUT2D eigenvalue weighted by Gasteiger charge is 2.44. The summed E-state index contributed by atoms with van der Waals surface area (Å²) >= 11 is 0. The van der Waals surface area contributed by atoms with Crippen LogP contribution in [-0.4, -0.2) is 28.8 Å². The van der Waals surface area contributed by atoms with E-state index in [2.05, 4.69) is 11.8 Å². The molecule has 1 aliphatic heterocycles. The Bertz CT molecular complexity index is 189. The van der Waals surface area contributed by atoms with Crippen molar-refractivity contribution in [1.29, 1.82) is 0 Å². The van der Waals surface area contributed by atoms with Gasteiger partial charge in [-0.05, 0) is 38.5 Å². The van der Waals surface area contributed by atoms with Gasteiger partial charge in [0.05, 0.1) is 0 Å². The summed E-state index contributed by atoms with van der Waals surface area (Å²) in [6.45, 7) is 4.45. The van der Waals surface area contributed by atoms with Crippen LogP contribution >= 0.6 is 0 Å². The van der Waals surface area contributed by atoms with Crippen LogP contribution in [0.4, 0.5) is 0 Å². The van der Waals surface area contributed by atoms with Crippen molar-refractivity contribution in [3.63, 3.8) is 0 Å². The number of nitrogens with zero attached hydrogens (tertiary/aromatic N) is 1. The van der Waals surface area contributed by atoms with Crippen molar-refractivity contribution in [2.24, 2.45) is 5.92 Å². The zero-order valence-electron chi connectivity index (χ0n) is 9.34. The van der Waals surface area contributed by atoms with Crippen LogP contribution in [0, 0.1) is 5.92 Å². The highest BCUT2D eigenvalue weighted by molar-refractivity contribution is 4.92. The van der Waals surface area contributed by atoms with Crippen LogP contribution in [0.1, 0.15) is 51.9 Å². The van der Waals surface area contributed by atoms with Gasteiger partial charge in [-0.15, -0.1) is 0 Å². The molecule has 1 saturated carbocycles. The predicted octanol–water partition coefficient (Wildman–Crippen LogP) is 2.37. The smallest absolute Gasteiger partial charge is 0.121 e. The van der Waals surface area contributed by atoms with E-state index in [0.29, 0.717) is 5.92 Å². The molecule has 0 amide bonds. The third-order valence-corrected chi connectivity index (χ3v) is 4.15. The van der Waals surface area contributed by atoms with Crippen molar-refractivity contribution in [2.75, 3.05) is 13.1 Å². The van der Waals surface area contributed by atoms with Crippen LogP contribution in [0.25, 0.3) is 0 Å². The molecule has 0 bridgehead atoms. The molecule has 14 heavy (non-hydrogen) atoms. The van der Waals surface area contributed by atoms with Crippen molar-refractivity contribution in [3.05, 3.63) is 0 Å². The molecule has 82 valence electrons. The highest BCUT2D eigenvalue weighted by atomic mass is 16.3. The first kappa shape index (κ1) is 10.4. The van der Waals surface area contributed by atoms with Crippen LogP contribution in [0.15, 0.2) is 0 Å². The highest BCUT2D eigenvalue weighted by Crippen LogP contribution is 2.41. The molecular weight excluding hydrogens is 174 g/mol.